The van der Waals surface area contributed by atoms with Crippen molar-refractivity contribution in [3.63, 3.8) is 0 Å². The van der Waals surface area contributed by atoms with E-state index in [0.29, 0.717) is 6.10 Å². The molecule has 1 N–H and O–H groups in total. The molecule has 0 aromatic heterocycles. The van der Waals surface area contributed by atoms with Gasteiger partial charge in [0.25, 0.3) is 0 Å². The molecule has 1 fully saturated rings. The predicted molar refractivity (Wildman–Crippen MR) is 75.9 cm³/mol. The molecule has 1 aromatic rings. The van der Waals surface area contributed by atoms with Crippen LogP contribution in [0.15, 0.2) is 24.3 Å². The van der Waals surface area contributed by atoms with Crippen LogP contribution in [0.25, 0.3) is 0 Å². The van der Waals surface area contributed by atoms with Crippen LogP contribution in [0.2, 0.25) is 0 Å². The van der Waals surface area contributed by atoms with Gasteiger partial charge in [-0.05, 0) is 64.2 Å². The molecule has 2 rings (SSSR count). The Morgan fingerprint density at radius 1 is 1.22 bits per heavy atom. The normalized spacial score (nSPS) is 17.1. The molecule has 0 spiro atoms. The highest BCUT2D eigenvalue weighted by molar-refractivity contribution is 5.28. The molecule has 1 saturated carbocycles. The zero-order valence-corrected chi connectivity index (χ0v) is 11.8. The van der Waals surface area contributed by atoms with Gasteiger partial charge in [0.2, 0.25) is 0 Å². The summed E-state index contributed by atoms with van der Waals surface area (Å²) in [7, 11) is 0. The van der Waals surface area contributed by atoms with Crippen LogP contribution in [0.1, 0.15) is 52.0 Å². The number of ether oxygens (including phenoxy) is 1. The number of rotatable bonds is 4. The first-order valence-corrected chi connectivity index (χ1v) is 7.03. The lowest BCUT2D eigenvalue weighted by molar-refractivity contribution is 0.210. The smallest absolute Gasteiger partial charge is 0.120 e. The van der Waals surface area contributed by atoms with Crippen LogP contribution in [-0.2, 0) is 6.54 Å². The van der Waals surface area contributed by atoms with Gasteiger partial charge in [-0.25, -0.2) is 0 Å². The second-order valence-electron chi connectivity index (χ2n) is 6.28. The Balaban J connectivity index is 1.92. The minimum atomic E-state index is 0.155. The molecule has 18 heavy (non-hydrogen) atoms. The van der Waals surface area contributed by atoms with Gasteiger partial charge in [-0.1, -0.05) is 12.1 Å². The van der Waals surface area contributed by atoms with Gasteiger partial charge in [-0.2, -0.15) is 0 Å². The van der Waals surface area contributed by atoms with Crippen LogP contribution < -0.4 is 10.1 Å². The van der Waals surface area contributed by atoms with Gasteiger partial charge in [0.15, 0.2) is 0 Å². The summed E-state index contributed by atoms with van der Waals surface area (Å²) in [6.07, 6.45) is 5.50. The molecule has 0 unspecified atom stereocenters. The molecule has 0 radical (unpaired) electrons. The summed E-state index contributed by atoms with van der Waals surface area (Å²) >= 11 is 0. The topological polar surface area (TPSA) is 21.3 Å². The summed E-state index contributed by atoms with van der Waals surface area (Å²) in [5.41, 5.74) is 1.45. The third kappa shape index (κ3) is 4.34. The molecule has 0 aliphatic heterocycles. The monoisotopic (exact) mass is 247 g/mol. The average molecular weight is 247 g/mol. The molecular formula is C16H25NO. The van der Waals surface area contributed by atoms with Crippen molar-refractivity contribution in [3.05, 3.63) is 29.8 Å². The van der Waals surface area contributed by atoms with E-state index < -0.39 is 0 Å². The summed E-state index contributed by atoms with van der Waals surface area (Å²) < 4.78 is 6.02. The van der Waals surface area contributed by atoms with Gasteiger partial charge in [0.05, 0.1) is 6.10 Å². The van der Waals surface area contributed by atoms with Crippen LogP contribution in [0, 0.1) is 0 Å². The predicted octanol–water partition coefficient (Wildman–Crippen LogP) is 3.90. The quantitative estimate of drug-likeness (QED) is 0.871. The second kappa shape index (κ2) is 5.75. The van der Waals surface area contributed by atoms with E-state index in [4.69, 9.17) is 4.74 Å². The second-order valence-corrected chi connectivity index (χ2v) is 6.28. The van der Waals surface area contributed by atoms with Gasteiger partial charge in [0.1, 0.15) is 5.75 Å². The van der Waals surface area contributed by atoms with E-state index >= 15 is 0 Å². The van der Waals surface area contributed by atoms with Crippen molar-refractivity contribution in [2.45, 2.75) is 64.6 Å². The number of hydrogen-bond acceptors (Lipinski definition) is 2. The number of hydrogen-bond donors (Lipinski definition) is 1. The van der Waals surface area contributed by atoms with E-state index in [9.17, 15) is 0 Å². The standard InChI is InChI=1S/C16H25NO/c1-16(2,3)17-12-13-7-6-10-15(11-13)18-14-8-4-5-9-14/h6-7,10-11,14,17H,4-5,8-9,12H2,1-3H3. The largest absolute Gasteiger partial charge is 0.490 e. The molecule has 2 heteroatoms. The Morgan fingerprint density at radius 2 is 1.94 bits per heavy atom. The van der Waals surface area contributed by atoms with Crippen LogP contribution in [0.5, 0.6) is 5.75 Å². The van der Waals surface area contributed by atoms with Gasteiger partial charge in [0, 0.05) is 12.1 Å². The van der Waals surface area contributed by atoms with E-state index in [1.165, 1.54) is 31.2 Å². The fourth-order valence-corrected chi connectivity index (χ4v) is 2.29. The molecule has 0 saturated heterocycles. The van der Waals surface area contributed by atoms with Crippen molar-refractivity contribution in [1.29, 1.82) is 0 Å². The van der Waals surface area contributed by atoms with Crippen molar-refractivity contribution >= 4 is 0 Å². The van der Waals surface area contributed by atoms with E-state index in [1.54, 1.807) is 0 Å². The molecule has 0 atom stereocenters. The van der Waals surface area contributed by atoms with Crippen LogP contribution in [-0.4, -0.2) is 11.6 Å². The first-order valence-electron chi connectivity index (χ1n) is 7.03. The third-order valence-electron chi connectivity index (χ3n) is 3.33. The Hall–Kier alpha value is -1.02. The van der Waals surface area contributed by atoms with Gasteiger partial charge >= 0.3 is 0 Å². The Bertz CT molecular complexity index is 375. The fraction of sp³-hybridized carbons (Fsp3) is 0.625. The van der Waals surface area contributed by atoms with Crippen molar-refractivity contribution in [2.24, 2.45) is 0 Å². The molecule has 0 amide bonds. The van der Waals surface area contributed by atoms with Crippen molar-refractivity contribution in [1.82, 2.24) is 5.32 Å². The van der Waals surface area contributed by atoms with E-state index in [-0.39, 0.29) is 5.54 Å². The SMILES string of the molecule is CC(C)(C)NCc1cccc(OC2CCCC2)c1. The molecule has 1 aromatic carbocycles. The minimum absolute atomic E-state index is 0.155. The minimum Gasteiger partial charge on any atom is -0.490 e. The molecule has 0 bridgehead atoms. The molecule has 2 nitrogen and oxygen atoms in total. The first-order chi connectivity index (χ1) is 8.53. The van der Waals surface area contributed by atoms with Crippen LogP contribution in [0.3, 0.4) is 0 Å². The van der Waals surface area contributed by atoms with Crippen molar-refractivity contribution in [2.75, 3.05) is 0 Å². The highest BCUT2D eigenvalue weighted by Crippen LogP contribution is 2.24. The zero-order chi connectivity index (χ0) is 13.0. The Kier molecular flexibility index (Phi) is 4.28. The number of nitrogens with one attached hydrogen (secondary N) is 1. The van der Waals surface area contributed by atoms with Gasteiger partial charge < -0.3 is 10.1 Å². The molecule has 1 aliphatic rings. The summed E-state index contributed by atoms with van der Waals surface area (Å²) in [6.45, 7) is 7.45. The first kappa shape index (κ1) is 13.4. The summed E-state index contributed by atoms with van der Waals surface area (Å²) in [5.74, 6) is 1.02. The highest BCUT2D eigenvalue weighted by atomic mass is 16.5. The van der Waals surface area contributed by atoms with E-state index in [1.807, 2.05) is 0 Å². The van der Waals surface area contributed by atoms with E-state index in [0.717, 1.165) is 12.3 Å². The average Bonchev–Trinajstić information content (AvgIpc) is 2.79. The zero-order valence-electron chi connectivity index (χ0n) is 11.8. The maximum absolute atomic E-state index is 6.02. The maximum atomic E-state index is 6.02. The van der Waals surface area contributed by atoms with Crippen LogP contribution >= 0.6 is 0 Å². The van der Waals surface area contributed by atoms with Crippen molar-refractivity contribution < 1.29 is 4.74 Å². The molecule has 0 heterocycles. The molecular weight excluding hydrogens is 222 g/mol. The van der Waals surface area contributed by atoms with Gasteiger partial charge in [-0.3, -0.25) is 0 Å². The number of benzene rings is 1. The highest BCUT2D eigenvalue weighted by Gasteiger charge is 2.16. The van der Waals surface area contributed by atoms with E-state index in [2.05, 4.69) is 50.4 Å². The lowest BCUT2D eigenvalue weighted by Crippen LogP contribution is -2.35. The fourth-order valence-electron chi connectivity index (χ4n) is 2.29. The third-order valence-corrected chi connectivity index (χ3v) is 3.33. The van der Waals surface area contributed by atoms with Gasteiger partial charge in [-0.15, -0.1) is 0 Å². The van der Waals surface area contributed by atoms with Crippen LogP contribution in [0.4, 0.5) is 0 Å². The lowest BCUT2D eigenvalue weighted by atomic mass is 10.1. The Labute approximate surface area is 111 Å². The lowest BCUT2D eigenvalue weighted by Gasteiger charge is -2.21. The summed E-state index contributed by atoms with van der Waals surface area (Å²) in [5, 5.41) is 3.50. The molecule has 1 aliphatic carbocycles. The summed E-state index contributed by atoms with van der Waals surface area (Å²) in [6, 6.07) is 8.47. The Morgan fingerprint density at radius 3 is 2.61 bits per heavy atom. The van der Waals surface area contributed by atoms with Crippen molar-refractivity contribution in [3.8, 4) is 5.75 Å². The molecule has 100 valence electrons. The summed E-state index contributed by atoms with van der Waals surface area (Å²) in [4.78, 5) is 0. The maximum Gasteiger partial charge on any atom is 0.120 e.